The number of hydrogen-bond donors (Lipinski definition) is 0. The molecule has 140 valence electrons. The van der Waals surface area contributed by atoms with Gasteiger partial charge < -0.3 is 4.90 Å². The molecule has 2 aromatic rings. The highest BCUT2D eigenvalue weighted by molar-refractivity contribution is 5.79. The zero-order valence-electron chi connectivity index (χ0n) is 14.6. The number of aromatic nitrogens is 3. The Balaban J connectivity index is 1.56. The molecule has 8 heteroatoms. The number of amides is 1. The van der Waals surface area contributed by atoms with E-state index in [1.54, 1.807) is 13.0 Å². The normalized spacial score (nSPS) is 19.8. The Morgan fingerprint density at radius 3 is 2.42 bits per heavy atom. The third-order valence-electron chi connectivity index (χ3n) is 5.54. The average Bonchev–Trinajstić information content (AvgIpc) is 2.91. The van der Waals surface area contributed by atoms with E-state index < -0.39 is 11.9 Å². The standard InChI is InChI=1S/C18H21F3N4O/c1-11-9-16-22-14(10-15(18(19,20)21)25(16)23-11)12-5-7-24(8-6-12)17(26)13-3-2-4-13/h9-10,12-13H,2-8H2,1H3. The third kappa shape index (κ3) is 3.05. The van der Waals surface area contributed by atoms with E-state index in [9.17, 15) is 18.0 Å². The van der Waals surface area contributed by atoms with Gasteiger partial charge in [-0.15, -0.1) is 0 Å². The minimum atomic E-state index is -4.49. The molecule has 26 heavy (non-hydrogen) atoms. The molecule has 2 fully saturated rings. The van der Waals surface area contributed by atoms with Crippen LogP contribution in [0.1, 0.15) is 55.1 Å². The van der Waals surface area contributed by atoms with Crippen LogP contribution in [0.5, 0.6) is 0 Å². The molecule has 0 aromatic carbocycles. The van der Waals surface area contributed by atoms with Gasteiger partial charge in [0.15, 0.2) is 5.65 Å². The predicted octanol–water partition coefficient (Wildman–Crippen LogP) is 3.56. The number of carbonyl (C=O) groups is 1. The lowest BCUT2D eigenvalue weighted by Gasteiger charge is -2.36. The van der Waals surface area contributed by atoms with Crippen LogP contribution in [0.15, 0.2) is 12.1 Å². The number of alkyl halides is 3. The van der Waals surface area contributed by atoms with E-state index in [1.807, 2.05) is 4.90 Å². The number of fused-ring (bicyclic) bond motifs is 1. The maximum absolute atomic E-state index is 13.4. The Morgan fingerprint density at radius 2 is 1.85 bits per heavy atom. The number of piperidine rings is 1. The van der Waals surface area contributed by atoms with Gasteiger partial charge in [-0.1, -0.05) is 6.42 Å². The second kappa shape index (κ2) is 6.25. The summed E-state index contributed by atoms with van der Waals surface area (Å²) in [4.78, 5) is 18.6. The monoisotopic (exact) mass is 366 g/mol. The van der Waals surface area contributed by atoms with Gasteiger partial charge in [-0.2, -0.15) is 18.3 Å². The van der Waals surface area contributed by atoms with Crippen molar-refractivity contribution in [2.24, 2.45) is 5.92 Å². The lowest BCUT2D eigenvalue weighted by molar-refractivity contribution is -0.142. The van der Waals surface area contributed by atoms with Crippen LogP contribution in [-0.2, 0) is 11.0 Å². The molecule has 0 radical (unpaired) electrons. The number of likely N-dealkylation sites (tertiary alicyclic amines) is 1. The molecule has 0 atom stereocenters. The minimum absolute atomic E-state index is 0.0678. The van der Waals surface area contributed by atoms with Crippen molar-refractivity contribution in [3.05, 3.63) is 29.2 Å². The molecule has 5 nitrogen and oxygen atoms in total. The van der Waals surface area contributed by atoms with Crippen molar-refractivity contribution in [1.82, 2.24) is 19.5 Å². The van der Waals surface area contributed by atoms with E-state index in [0.717, 1.165) is 29.8 Å². The highest BCUT2D eigenvalue weighted by Gasteiger charge is 2.37. The molecular weight excluding hydrogens is 345 g/mol. The number of aryl methyl sites for hydroxylation is 1. The summed E-state index contributed by atoms with van der Waals surface area (Å²) in [7, 11) is 0. The van der Waals surface area contributed by atoms with Gasteiger partial charge in [0.2, 0.25) is 5.91 Å². The van der Waals surface area contributed by atoms with Crippen molar-refractivity contribution in [2.75, 3.05) is 13.1 Å². The maximum Gasteiger partial charge on any atom is 0.433 e. The Kier molecular flexibility index (Phi) is 4.16. The molecule has 2 aliphatic rings. The van der Waals surface area contributed by atoms with Crippen LogP contribution < -0.4 is 0 Å². The van der Waals surface area contributed by atoms with Crippen molar-refractivity contribution in [2.45, 2.75) is 51.1 Å². The van der Waals surface area contributed by atoms with Crippen molar-refractivity contribution < 1.29 is 18.0 Å². The fourth-order valence-corrected chi connectivity index (χ4v) is 3.83. The van der Waals surface area contributed by atoms with Crippen LogP contribution >= 0.6 is 0 Å². The minimum Gasteiger partial charge on any atom is -0.342 e. The summed E-state index contributed by atoms with van der Waals surface area (Å²) in [6.45, 7) is 2.83. The molecule has 1 amide bonds. The Morgan fingerprint density at radius 1 is 1.15 bits per heavy atom. The Hall–Kier alpha value is -2.12. The second-order valence-electron chi connectivity index (χ2n) is 7.35. The lowest BCUT2D eigenvalue weighted by Crippen LogP contribution is -2.43. The second-order valence-corrected chi connectivity index (χ2v) is 7.35. The lowest BCUT2D eigenvalue weighted by atomic mass is 9.83. The van der Waals surface area contributed by atoms with Crippen LogP contribution in [0.25, 0.3) is 5.65 Å². The smallest absolute Gasteiger partial charge is 0.342 e. The molecule has 0 N–H and O–H groups in total. The molecule has 4 rings (SSSR count). The largest absolute Gasteiger partial charge is 0.433 e. The fourth-order valence-electron chi connectivity index (χ4n) is 3.83. The van der Waals surface area contributed by atoms with Crippen LogP contribution in [-0.4, -0.2) is 38.5 Å². The molecule has 1 aliphatic heterocycles. The summed E-state index contributed by atoms with van der Waals surface area (Å²) in [6, 6.07) is 2.68. The van der Waals surface area contributed by atoms with E-state index in [4.69, 9.17) is 0 Å². The van der Waals surface area contributed by atoms with Gasteiger partial charge in [0, 0.05) is 36.7 Å². The molecule has 3 heterocycles. The summed E-state index contributed by atoms with van der Waals surface area (Å²) in [5.74, 6) is 0.301. The first kappa shape index (κ1) is 17.3. The van der Waals surface area contributed by atoms with Crippen molar-refractivity contribution in [3.8, 4) is 0 Å². The quantitative estimate of drug-likeness (QED) is 0.817. The summed E-state index contributed by atoms with van der Waals surface area (Å²) >= 11 is 0. The average molecular weight is 366 g/mol. The Labute approximate surface area is 149 Å². The molecule has 1 aliphatic carbocycles. The number of nitrogens with zero attached hydrogens (tertiary/aromatic N) is 4. The topological polar surface area (TPSA) is 50.5 Å². The van der Waals surface area contributed by atoms with Gasteiger partial charge in [-0.25, -0.2) is 9.50 Å². The van der Waals surface area contributed by atoms with E-state index in [-0.39, 0.29) is 23.4 Å². The van der Waals surface area contributed by atoms with Gasteiger partial charge >= 0.3 is 6.18 Å². The van der Waals surface area contributed by atoms with Crippen LogP contribution in [0.4, 0.5) is 13.2 Å². The number of carbonyl (C=O) groups excluding carboxylic acids is 1. The molecule has 0 unspecified atom stereocenters. The first-order valence-electron chi connectivity index (χ1n) is 9.06. The Bertz CT molecular complexity index is 833. The van der Waals surface area contributed by atoms with Crippen molar-refractivity contribution in [3.63, 3.8) is 0 Å². The summed E-state index contributed by atoms with van der Waals surface area (Å²) < 4.78 is 41.2. The maximum atomic E-state index is 13.4. The predicted molar refractivity (Wildman–Crippen MR) is 88.6 cm³/mol. The zero-order valence-corrected chi connectivity index (χ0v) is 14.6. The van der Waals surface area contributed by atoms with Gasteiger partial charge in [0.05, 0.1) is 5.69 Å². The summed E-state index contributed by atoms with van der Waals surface area (Å²) in [6.07, 6.45) is -0.159. The van der Waals surface area contributed by atoms with Crippen LogP contribution in [0.3, 0.4) is 0 Å². The van der Waals surface area contributed by atoms with Crippen molar-refractivity contribution in [1.29, 1.82) is 0 Å². The number of halogens is 3. The first-order valence-corrected chi connectivity index (χ1v) is 9.06. The van der Waals surface area contributed by atoms with Crippen LogP contribution in [0, 0.1) is 12.8 Å². The molecule has 0 bridgehead atoms. The van der Waals surface area contributed by atoms with Gasteiger partial charge in [-0.3, -0.25) is 4.79 Å². The van der Waals surface area contributed by atoms with Crippen LogP contribution in [0.2, 0.25) is 0 Å². The molecule has 1 saturated carbocycles. The third-order valence-corrected chi connectivity index (χ3v) is 5.54. The zero-order chi connectivity index (χ0) is 18.5. The molecule has 1 saturated heterocycles. The summed E-state index contributed by atoms with van der Waals surface area (Å²) in [5.41, 5.74) is 0.375. The van der Waals surface area contributed by atoms with Crippen molar-refractivity contribution >= 4 is 11.6 Å². The van der Waals surface area contributed by atoms with E-state index in [0.29, 0.717) is 37.3 Å². The molecule has 2 aromatic heterocycles. The van der Waals surface area contributed by atoms with Gasteiger partial charge in [-0.05, 0) is 38.7 Å². The number of rotatable bonds is 2. The van der Waals surface area contributed by atoms with E-state index >= 15 is 0 Å². The molecular formula is C18H21F3N4O. The highest BCUT2D eigenvalue weighted by atomic mass is 19.4. The summed E-state index contributed by atoms with van der Waals surface area (Å²) in [5, 5.41) is 3.92. The van der Waals surface area contributed by atoms with Gasteiger partial charge in [0.25, 0.3) is 0 Å². The van der Waals surface area contributed by atoms with E-state index in [2.05, 4.69) is 10.1 Å². The fraction of sp³-hybridized carbons (Fsp3) is 0.611. The highest BCUT2D eigenvalue weighted by Crippen LogP contribution is 2.35. The molecule has 0 spiro atoms. The van der Waals surface area contributed by atoms with E-state index in [1.165, 1.54) is 0 Å². The van der Waals surface area contributed by atoms with Gasteiger partial charge in [0.1, 0.15) is 5.69 Å². The number of hydrogen-bond acceptors (Lipinski definition) is 3. The first-order chi connectivity index (χ1) is 12.3. The SMILES string of the molecule is Cc1cc2nc(C3CCN(C(=O)C4CCC4)CC3)cc(C(F)(F)F)n2n1.